The van der Waals surface area contributed by atoms with Gasteiger partial charge in [0.05, 0.1) is 0 Å². The Morgan fingerprint density at radius 3 is 2.78 bits per heavy atom. The number of benzene rings is 1. The Morgan fingerprint density at radius 1 is 1.13 bits per heavy atom. The Hall–Kier alpha value is -1.65. The number of rotatable bonds is 2. The highest BCUT2D eigenvalue weighted by atomic mass is 35.5. The van der Waals surface area contributed by atoms with Crippen molar-refractivity contribution in [1.29, 1.82) is 0 Å². The van der Waals surface area contributed by atoms with Crippen molar-refractivity contribution in [2.75, 3.05) is 13.1 Å². The molecule has 23 heavy (non-hydrogen) atoms. The molecule has 2 aromatic rings. The second-order valence-corrected chi connectivity index (χ2v) is 7.00. The van der Waals surface area contributed by atoms with Gasteiger partial charge in [-0.15, -0.1) is 0 Å². The molecule has 120 valence electrons. The standard InChI is InChI=1S/C18H18ClFN2O/c19-15-3-1-4-16(20)14(15)11-21-8-12-7-13(10-21)17-5-2-6-18(23)22(17)9-12/h1-6,12-13H,7-11H2/t12-,13+/m0/s1. The fourth-order valence-electron chi connectivity index (χ4n) is 4.03. The average Bonchev–Trinajstić information content (AvgIpc) is 2.52. The van der Waals surface area contributed by atoms with E-state index in [9.17, 15) is 9.18 Å². The Kier molecular flexibility index (Phi) is 3.74. The number of hydrogen-bond acceptors (Lipinski definition) is 2. The first-order valence-corrected chi connectivity index (χ1v) is 8.34. The van der Waals surface area contributed by atoms with Crippen molar-refractivity contribution in [2.24, 2.45) is 5.92 Å². The lowest BCUT2D eigenvalue weighted by Gasteiger charge is -2.42. The van der Waals surface area contributed by atoms with Gasteiger partial charge in [0.25, 0.3) is 5.56 Å². The van der Waals surface area contributed by atoms with Gasteiger partial charge in [0.15, 0.2) is 0 Å². The quantitative estimate of drug-likeness (QED) is 0.843. The number of piperidine rings is 1. The number of halogens is 2. The summed E-state index contributed by atoms with van der Waals surface area (Å²) in [5, 5.41) is 0.484. The van der Waals surface area contributed by atoms with Gasteiger partial charge < -0.3 is 4.57 Å². The lowest BCUT2D eigenvalue weighted by molar-refractivity contribution is 0.113. The topological polar surface area (TPSA) is 25.2 Å². The van der Waals surface area contributed by atoms with Crippen LogP contribution in [0.3, 0.4) is 0 Å². The summed E-state index contributed by atoms with van der Waals surface area (Å²) in [6, 6.07) is 10.3. The fraction of sp³-hybridized carbons (Fsp3) is 0.389. The third kappa shape index (κ3) is 2.70. The van der Waals surface area contributed by atoms with E-state index in [0.29, 0.717) is 29.0 Å². The van der Waals surface area contributed by atoms with E-state index in [2.05, 4.69) is 4.90 Å². The summed E-state index contributed by atoms with van der Waals surface area (Å²) in [5.74, 6) is 0.527. The zero-order chi connectivity index (χ0) is 16.0. The van der Waals surface area contributed by atoms with Gasteiger partial charge in [0.1, 0.15) is 5.82 Å². The van der Waals surface area contributed by atoms with E-state index < -0.39 is 0 Å². The van der Waals surface area contributed by atoms with Crippen LogP contribution in [0.2, 0.25) is 5.02 Å². The summed E-state index contributed by atoms with van der Waals surface area (Å²) in [4.78, 5) is 14.3. The highest BCUT2D eigenvalue weighted by molar-refractivity contribution is 6.31. The van der Waals surface area contributed by atoms with Crippen molar-refractivity contribution < 1.29 is 4.39 Å². The third-order valence-corrected chi connectivity index (χ3v) is 5.35. The first kappa shape index (κ1) is 14.9. The Labute approximate surface area is 139 Å². The molecule has 2 aliphatic heterocycles. The van der Waals surface area contributed by atoms with Crippen molar-refractivity contribution in [2.45, 2.75) is 25.4 Å². The molecule has 1 fully saturated rings. The fourth-order valence-corrected chi connectivity index (χ4v) is 4.25. The minimum absolute atomic E-state index is 0.0859. The maximum Gasteiger partial charge on any atom is 0.250 e. The molecular formula is C18H18ClFN2O. The summed E-state index contributed by atoms with van der Waals surface area (Å²) in [5.41, 5.74) is 1.76. The van der Waals surface area contributed by atoms with Crippen LogP contribution in [0.5, 0.6) is 0 Å². The van der Waals surface area contributed by atoms with Crippen LogP contribution in [0.15, 0.2) is 41.2 Å². The Morgan fingerprint density at radius 2 is 1.96 bits per heavy atom. The van der Waals surface area contributed by atoms with Crippen molar-refractivity contribution in [3.63, 3.8) is 0 Å². The monoisotopic (exact) mass is 332 g/mol. The summed E-state index contributed by atoms with van der Waals surface area (Å²) in [6.45, 7) is 3.00. The molecule has 0 saturated carbocycles. The predicted octanol–water partition coefficient (Wildman–Crippen LogP) is 3.26. The molecule has 1 saturated heterocycles. The maximum atomic E-state index is 14.0. The molecule has 0 spiro atoms. The van der Waals surface area contributed by atoms with Crippen LogP contribution in [0.1, 0.15) is 23.6 Å². The Balaban J connectivity index is 1.60. The van der Waals surface area contributed by atoms with Gasteiger partial charge in [-0.25, -0.2) is 4.39 Å². The molecule has 0 aliphatic carbocycles. The molecule has 2 aliphatic rings. The van der Waals surface area contributed by atoms with Gasteiger partial charge in [-0.2, -0.15) is 0 Å². The van der Waals surface area contributed by atoms with Crippen LogP contribution in [0.4, 0.5) is 4.39 Å². The number of fused-ring (bicyclic) bond motifs is 4. The first-order valence-electron chi connectivity index (χ1n) is 7.97. The van der Waals surface area contributed by atoms with Gasteiger partial charge in [-0.3, -0.25) is 9.69 Å². The van der Waals surface area contributed by atoms with E-state index in [1.54, 1.807) is 18.2 Å². The minimum atomic E-state index is -0.246. The molecule has 4 rings (SSSR count). The highest BCUT2D eigenvalue weighted by Gasteiger charge is 2.34. The van der Waals surface area contributed by atoms with Gasteiger partial charge in [-0.05, 0) is 30.5 Å². The smallest absolute Gasteiger partial charge is 0.250 e. The van der Waals surface area contributed by atoms with Gasteiger partial charge >= 0.3 is 0 Å². The van der Waals surface area contributed by atoms with Crippen molar-refractivity contribution in [3.8, 4) is 0 Å². The van der Waals surface area contributed by atoms with E-state index in [4.69, 9.17) is 11.6 Å². The number of likely N-dealkylation sites (tertiary alicyclic amines) is 1. The molecule has 0 amide bonds. The molecular weight excluding hydrogens is 315 g/mol. The number of nitrogens with zero attached hydrogens (tertiary/aromatic N) is 2. The van der Waals surface area contributed by atoms with E-state index in [1.807, 2.05) is 16.7 Å². The third-order valence-electron chi connectivity index (χ3n) is 5.00. The van der Waals surface area contributed by atoms with E-state index >= 15 is 0 Å². The van der Waals surface area contributed by atoms with Crippen LogP contribution in [-0.4, -0.2) is 22.6 Å². The van der Waals surface area contributed by atoms with E-state index in [-0.39, 0.29) is 11.4 Å². The zero-order valence-electron chi connectivity index (χ0n) is 12.7. The van der Waals surface area contributed by atoms with E-state index in [0.717, 1.165) is 31.7 Å². The highest BCUT2D eigenvalue weighted by Crippen LogP contribution is 2.36. The molecule has 2 atom stereocenters. The normalized spacial score (nSPS) is 23.6. The van der Waals surface area contributed by atoms with Crippen molar-refractivity contribution in [3.05, 3.63) is 68.8 Å². The second kappa shape index (κ2) is 5.77. The lowest BCUT2D eigenvalue weighted by Crippen LogP contribution is -2.46. The van der Waals surface area contributed by atoms with Crippen LogP contribution in [-0.2, 0) is 13.1 Å². The van der Waals surface area contributed by atoms with Gasteiger partial charge in [-0.1, -0.05) is 23.7 Å². The zero-order valence-corrected chi connectivity index (χ0v) is 13.5. The SMILES string of the molecule is O=c1cccc2n1C[C@H]1C[C@@H]2CN(Cc2c(F)cccc2Cl)C1. The van der Waals surface area contributed by atoms with Crippen molar-refractivity contribution >= 4 is 11.6 Å². The van der Waals surface area contributed by atoms with Crippen LogP contribution in [0.25, 0.3) is 0 Å². The molecule has 0 unspecified atom stereocenters. The molecule has 3 heterocycles. The number of pyridine rings is 1. The number of aromatic nitrogens is 1. The van der Waals surface area contributed by atoms with Crippen molar-refractivity contribution in [1.82, 2.24) is 9.47 Å². The van der Waals surface area contributed by atoms with Crippen LogP contribution >= 0.6 is 11.6 Å². The molecule has 1 aromatic carbocycles. The molecule has 3 nitrogen and oxygen atoms in total. The Bertz CT molecular complexity index is 784. The number of hydrogen-bond donors (Lipinski definition) is 0. The average molecular weight is 333 g/mol. The van der Waals surface area contributed by atoms with Crippen LogP contribution < -0.4 is 5.56 Å². The molecule has 5 heteroatoms. The molecule has 0 N–H and O–H groups in total. The summed E-state index contributed by atoms with van der Waals surface area (Å²) in [6.07, 6.45) is 1.10. The summed E-state index contributed by atoms with van der Waals surface area (Å²) >= 11 is 6.16. The van der Waals surface area contributed by atoms with Gasteiger partial charge in [0.2, 0.25) is 0 Å². The first-order chi connectivity index (χ1) is 11.1. The van der Waals surface area contributed by atoms with Crippen LogP contribution in [0, 0.1) is 11.7 Å². The molecule has 2 bridgehead atoms. The maximum absolute atomic E-state index is 14.0. The lowest BCUT2D eigenvalue weighted by atomic mass is 9.83. The predicted molar refractivity (Wildman–Crippen MR) is 88.2 cm³/mol. The largest absolute Gasteiger partial charge is 0.312 e. The molecule has 1 aromatic heterocycles. The van der Waals surface area contributed by atoms with E-state index in [1.165, 1.54) is 6.07 Å². The molecule has 0 radical (unpaired) electrons. The minimum Gasteiger partial charge on any atom is -0.312 e. The van der Waals surface area contributed by atoms with Gasteiger partial charge in [0, 0.05) is 54.4 Å². The summed E-state index contributed by atoms with van der Waals surface area (Å²) in [7, 11) is 0. The summed E-state index contributed by atoms with van der Waals surface area (Å²) < 4.78 is 15.9. The second-order valence-electron chi connectivity index (χ2n) is 6.59.